The molecule has 1 aliphatic rings. The molecule has 0 atom stereocenters. The van der Waals surface area contributed by atoms with Crippen molar-refractivity contribution >= 4 is 11.8 Å². The summed E-state index contributed by atoms with van der Waals surface area (Å²) < 4.78 is 1.58. The molecule has 0 saturated heterocycles. The van der Waals surface area contributed by atoms with E-state index in [0.717, 1.165) is 36.5 Å². The monoisotopic (exact) mass is 225 g/mol. The average Bonchev–Trinajstić information content (AvgIpc) is 2.26. The SMILES string of the molecule is CSCCn1nc2c(cc1=O)CNCC2. The number of nitrogens with zero attached hydrogens (tertiary/aromatic N) is 2. The summed E-state index contributed by atoms with van der Waals surface area (Å²) in [6.07, 6.45) is 2.96. The molecular weight excluding hydrogens is 210 g/mol. The molecule has 1 aliphatic heterocycles. The molecule has 1 N–H and O–H groups in total. The lowest BCUT2D eigenvalue weighted by molar-refractivity contribution is 0.555. The maximum Gasteiger partial charge on any atom is 0.267 e. The Bertz CT molecular complexity index is 402. The van der Waals surface area contributed by atoms with Crippen LogP contribution in [-0.2, 0) is 19.5 Å². The van der Waals surface area contributed by atoms with Gasteiger partial charge in [-0.25, -0.2) is 4.68 Å². The maximum absolute atomic E-state index is 11.7. The molecule has 0 spiro atoms. The fourth-order valence-corrected chi connectivity index (χ4v) is 2.05. The number of hydrogen-bond donors (Lipinski definition) is 1. The van der Waals surface area contributed by atoms with E-state index in [-0.39, 0.29) is 5.56 Å². The summed E-state index contributed by atoms with van der Waals surface area (Å²) in [5, 5.41) is 7.64. The van der Waals surface area contributed by atoms with Crippen molar-refractivity contribution in [3.8, 4) is 0 Å². The zero-order valence-electron chi connectivity index (χ0n) is 8.82. The van der Waals surface area contributed by atoms with Crippen molar-refractivity contribution in [2.24, 2.45) is 0 Å². The molecule has 4 nitrogen and oxygen atoms in total. The van der Waals surface area contributed by atoms with Crippen LogP contribution in [0.4, 0.5) is 0 Å². The van der Waals surface area contributed by atoms with Gasteiger partial charge in [-0.15, -0.1) is 0 Å². The Labute approximate surface area is 93.1 Å². The normalized spacial score (nSPS) is 15.0. The number of thioether (sulfide) groups is 1. The molecule has 0 aromatic carbocycles. The van der Waals surface area contributed by atoms with E-state index in [0.29, 0.717) is 6.54 Å². The highest BCUT2D eigenvalue weighted by Gasteiger charge is 2.12. The molecular formula is C10H15N3OS. The van der Waals surface area contributed by atoms with E-state index >= 15 is 0 Å². The van der Waals surface area contributed by atoms with Gasteiger partial charge in [0.05, 0.1) is 12.2 Å². The number of hydrogen-bond acceptors (Lipinski definition) is 4. The Hall–Kier alpha value is -0.810. The van der Waals surface area contributed by atoms with Crippen LogP contribution in [0.5, 0.6) is 0 Å². The second-order valence-corrected chi connectivity index (χ2v) is 4.58. The molecule has 0 unspecified atom stereocenters. The van der Waals surface area contributed by atoms with E-state index in [9.17, 15) is 4.79 Å². The molecule has 5 heteroatoms. The Morgan fingerprint density at radius 1 is 1.67 bits per heavy atom. The van der Waals surface area contributed by atoms with Crippen molar-refractivity contribution in [1.82, 2.24) is 15.1 Å². The van der Waals surface area contributed by atoms with Gasteiger partial charge in [-0.3, -0.25) is 4.79 Å². The highest BCUT2D eigenvalue weighted by molar-refractivity contribution is 7.98. The summed E-state index contributed by atoms with van der Waals surface area (Å²) in [6.45, 7) is 2.45. The minimum Gasteiger partial charge on any atom is -0.312 e. The van der Waals surface area contributed by atoms with Gasteiger partial charge in [0.25, 0.3) is 5.56 Å². The van der Waals surface area contributed by atoms with E-state index in [1.165, 1.54) is 0 Å². The van der Waals surface area contributed by atoms with Gasteiger partial charge in [0, 0.05) is 31.3 Å². The predicted octanol–water partition coefficient (Wildman–Crippen LogP) is 0.252. The van der Waals surface area contributed by atoms with E-state index in [4.69, 9.17) is 0 Å². The summed E-state index contributed by atoms with van der Waals surface area (Å²) in [6, 6.07) is 1.72. The zero-order valence-corrected chi connectivity index (χ0v) is 9.64. The first-order valence-corrected chi connectivity index (χ1v) is 6.50. The van der Waals surface area contributed by atoms with E-state index < -0.39 is 0 Å². The van der Waals surface area contributed by atoms with Gasteiger partial charge in [0.1, 0.15) is 0 Å². The first kappa shape index (κ1) is 10.7. The molecule has 15 heavy (non-hydrogen) atoms. The van der Waals surface area contributed by atoms with Gasteiger partial charge in [0.15, 0.2) is 0 Å². The first-order valence-electron chi connectivity index (χ1n) is 5.11. The van der Waals surface area contributed by atoms with E-state index in [1.54, 1.807) is 22.5 Å². The van der Waals surface area contributed by atoms with Gasteiger partial charge >= 0.3 is 0 Å². The van der Waals surface area contributed by atoms with Crippen molar-refractivity contribution in [3.63, 3.8) is 0 Å². The molecule has 0 radical (unpaired) electrons. The minimum atomic E-state index is 0.0199. The van der Waals surface area contributed by atoms with Crippen LogP contribution in [-0.4, -0.2) is 28.3 Å². The average molecular weight is 225 g/mol. The van der Waals surface area contributed by atoms with Crippen LogP contribution in [0, 0.1) is 0 Å². The molecule has 2 rings (SSSR count). The Balaban J connectivity index is 2.28. The van der Waals surface area contributed by atoms with Crippen LogP contribution in [0.3, 0.4) is 0 Å². The molecule has 0 fully saturated rings. The second kappa shape index (κ2) is 4.81. The standard InChI is InChI=1S/C10H15N3OS/c1-15-5-4-13-10(14)6-8-7-11-3-2-9(8)12-13/h6,11H,2-5,7H2,1H3. The third-order valence-electron chi connectivity index (χ3n) is 2.53. The van der Waals surface area contributed by atoms with Gasteiger partial charge in [0.2, 0.25) is 0 Å². The summed E-state index contributed by atoms with van der Waals surface area (Å²) in [4.78, 5) is 11.7. The first-order chi connectivity index (χ1) is 7.31. The number of nitrogens with one attached hydrogen (secondary N) is 1. The van der Waals surface area contributed by atoms with Gasteiger partial charge in [-0.2, -0.15) is 16.9 Å². The van der Waals surface area contributed by atoms with Crippen LogP contribution in [0.25, 0.3) is 0 Å². The predicted molar refractivity (Wildman–Crippen MR) is 62.3 cm³/mol. The molecule has 2 heterocycles. The maximum atomic E-state index is 11.7. The molecule has 82 valence electrons. The van der Waals surface area contributed by atoms with Gasteiger partial charge < -0.3 is 5.32 Å². The summed E-state index contributed by atoms with van der Waals surface area (Å²) >= 11 is 1.73. The highest BCUT2D eigenvalue weighted by Crippen LogP contribution is 2.07. The highest BCUT2D eigenvalue weighted by atomic mass is 32.2. The molecule has 0 saturated carbocycles. The fourth-order valence-electron chi connectivity index (χ4n) is 1.70. The number of aryl methyl sites for hydroxylation is 1. The topological polar surface area (TPSA) is 46.9 Å². The molecule has 0 amide bonds. The lowest BCUT2D eigenvalue weighted by Crippen LogP contribution is -2.32. The Kier molecular flexibility index (Phi) is 3.43. The van der Waals surface area contributed by atoms with Crippen LogP contribution in [0.15, 0.2) is 10.9 Å². The molecule has 0 bridgehead atoms. The van der Waals surface area contributed by atoms with Crippen LogP contribution in [0.2, 0.25) is 0 Å². The summed E-state index contributed by atoms with van der Waals surface area (Å²) in [5.41, 5.74) is 2.16. The van der Waals surface area contributed by atoms with Crippen molar-refractivity contribution < 1.29 is 0 Å². The van der Waals surface area contributed by atoms with E-state index in [2.05, 4.69) is 10.4 Å². The van der Waals surface area contributed by atoms with E-state index in [1.807, 2.05) is 6.26 Å². The number of rotatable bonds is 3. The van der Waals surface area contributed by atoms with Crippen molar-refractivity contribution in [2.45, 2.75) is 19.5 Å². The minimum absolute atomic E-state index is 0.0199. The van der Waals surface area contributed by atoms with Crippen molar-refractivity contribution in [3.05, 3.63) is 27.7 Å². The molecule has 1 aromatic heterocycles. The van der Waals surface area contributed by atoms with Crippen molar-refractivity contribution in [2.75, 3.05) is 18.6 Å². The quantitative estimate of drug-likeness (QED) is 0.801. The Morgan fingerprint density at radius 3 is 3.33 bits per heavy atom. The summed E-state index contributed by atoms with van der Waals surface area (Å²) in [7, 11) is 0. The second-order valence-electron chi connectivity index (χ2n) is 3.60. The van der Waals surface area contributed by atoms with Crippen LogP contribution < -0.4 is 10.9 Å². The van der Waals surface area contributed by atoms with Gasteiger partial charge in [-0.1, -0.05) is 0 Å². The lowest BCUT2D eigenvalue weighted by Gasteiger charge is -2.16. The number of aromatic nitrogens is 2. The van der Waals surface area contributed by atoms with Gasteiger partial charge in [-0.05, 0) is 11.8 Å². The fraction of sp³-hybridized carbons (Fsp3) is 0.600. The number of fused-ring (bicyclic) bond motifs is 1. The lowest BCUT2D eigenvalue weighted by atomic mass is 10.1. The third-order valence-corrected chi connectivity index (χ3v) is 3.12. The molecule has 0 aliphatic carbocycles. The largest absolute Gasteiger partial charge is 0.312 e. The molecule has 1 aromatic rings. The third kappa shape index (κ3) is 2.41. The smallest absolute Gasteiger partial charge is 0.267 e. The Morgan fingerprint density at radius 2 is 2.53 bits per heavy atom. The van der Waals surface area contributed by atoms with Crippen LogP contribution in [0.1, 0.15) is 11.3 Å². The summed E-state index contributed by atoms with van der Waals surface area (Å²) in [5.74, 6) is 0.934. The van der Waals surface area contributed by atoms with Crippen LogP contribution >= 0.6 is 11.8 Å². The zero-order chi connectivity index (χ0) is 10.7. The van der Waals surface area contributed by atoms with Crippen molar-refractivity contribution in [1.29, 1.82) is 0 Å².